The molecule has 0 spiro atoms. The molecule has 10 N–H and O–H groups in total. The summed E-state index contributed by atoms with van der Waals surface area (Å²) in [5.41, 5.74) is 49.5. The van der Waals surface area contributed by atoms with Crippen molar-refractivity contribution >= 4 is 86.4 Å². The van der Waals surface area contributed by atoms with Gasteiger partial charge in [-0.05, 0) is 340 Å². The van der Waals surface area contributed by atoms with E-state index in [0.29, 0.717) is 61.4 Å². The molecule has 0 aromatic carbocycles. The molecule has 0 saturated carbocycles. The monoisotopic (exact) mass is 1580 g/mol. The van der Waals surface area contributed by atoms with Crippen LogP contribution in [0.2, 0.25) is 0 Å². The maximum absolute atomic E-state index is 12.6. The molecule has 4 aliphatic heterocycles. The predicted molar refractivity (Wildman–Crippen MR) is 447 cm³/mol. The van der Waals surface area contributed by atoms with Crippen molar-refractivity contribution in [3.8, 4) is 0 Å². The van der Waals surface area contributed by atoms with Gasteiger partial charge in [-0.3, -0.25) is 48.7 Å². The number of fused-ring (bicyclic) bond motifs is 8. The lowest BCUT2D eigenvalue weighted by Gasteiger charge is -2.35. The van der Waals surface area contributed by atoms with Crippen molar-refractivity contribution in [2.45, 2.75) is 251 Å². The average molecular weight is 1580 g/mol. The highest BCUT2D eigenvalue weighted by Crippen LogP contribution is 2.51. The highest BCUT2D eigenvalue weighted by molar-refractivity contribution is 6.66. The van der Waals surface area contributed by atoms with Gasteiger partial charge in [-0.2, -0.15) is 0 Å². The first-order chi connectivity index (χ1) is 54.1. The van der Waals surface area contributed by atoms with Crippen molar-refractivity contribution in [2.75, 3.05) is 59.5 Å². The molecule has 24 heteroatoms. The fourth-order valence-corrected chi connectivity index (χ4v) is 18.9. The van der Waals surface area contributed by atoms with Crippen molar-refractivity contribution < 1.29 is 52.9 Å². The molecule has 23 nitrogen and oxygen atoms in total. The predicted octanol–water partition coefficient (Wildman–Crippen LogP) is 14.9. The molecule has 612 valence electrons. The van der Waals surface area contributed by atoms with E-state index < -0.39 is 34.2 Å². The van der Waals surface area contributed by atoms with Crippen LogP contribution in [0.1, 0.15) is 323 Å². The Morgan fingerprint density at radius 2 is 0.833 bits per heavy atom. The second kappa shape index (κ2) is 38.3. The van der Waals surface area contributed by atoms with Gasteiger partial charge in [0.25, 0.3) is 23.6 Å². The van der Waals surface area contributed by atoms with Gasteiger partial charge in [0.15, 0.2) is 0 Å². The van der Waals surface area contributed by atoms with E-state index in [0.717, 1.165) is 181 Å². The van der Waals surface area contributed by atoms with Crippen LogP contribution < -0.4 is 28.3 Å². The molecule has 3 unspecified atom stereocenters. The number of pyridine rings is 4. The van der Waals surface area contributed by atoms with Gasteiger partial charge in [0.2, 0.25) is 11.1 Å². The van der Waals surface area contributed by atoms with Crippen molar-refractivity contribution in [2.24, 2.45) is 22.9 Å². The number of hydrogen-bond acceptors (Lipinski definition) is 16. The number of amides is 7. The Morgan fingerprint density at radius 3 is 1.21 bits per heavy atom. The summed E-state index contributed by atoms with van der Waals surface area (Å²) in [4.78, 5) is 118. The van der Waals surface area contributed by atoms with Crippen molar-refractivity contribution in [3.63, 3.8) is 0 Å². The van der Waals surface area contributed by atoms with Gasteiger partial charge in [-0.25, -0.2) is 9.59 Å². The number of carbonyl (C=O) groups is 8. The topological polar surface area (TPSA) is 353 Å². The van der Waals surface area contributed by atoms with Gasteiger partial charge in [-0.15, -0.1) is 0 Å². The number of nitrogens with two attached hydrogens (primary N) is 4. The molecule has 4 aromatic heterocycles. The zero-order valence-corrected chi connectivity index (χ0v) is 68.0. The molecule has 3 fully saturated rings. The van der Waals surface area contributed by atoms with Crippen LogP contribution in [-0.2, 0) is 44.7 Å². The molecule has 7 amide bonds. The first-order valence-electron chi connectivity index (χ1n) is 40.8. The number of hydrogen-bond donors (Lipinski definition) is 6. The quantitative estimate of drug-likeness (QED) is 0.0634. The van der Waals surface area contributed by atoms with E-state index in [-0.39, 0.29) is 43.3 Å². The lowest BCUT2D eigenvalue weighted by molar-refractivity contribution is -0.127. The third kappa shape index (κ3) is 19.9. The molecular weight excluding hydrogens is 1460 g/mol. The Balaban J connectivity index is 0.000000157. The summed E-state index contributed by atoms with van der Waals surface area (Å²) in [6, 6.07) is 0. The van der Waals surface area contributed by atoms with Crippen LogP contribution in [0.25, 0.3) is 27.9 Å². The SMILES string of the molecule is C.C=CC(=O)Cl.C=CC(=O)N1CCCC(c2cnc(C(N)=O)c3c2C2=C(CCCC2)C3)C1.CC(C)(C)OC(=O)N1CCC=C(c2cnc(C(N)=O)c3c2C2=C(CCCC2)C3)C1.CC(C)(C)OC(=O)N1CCCC(c2cnc(C(N)=O)c3c2C2=C(CCCC2)C3)C1.CO.NC(=O)c1ncc(C2CCCNC2)c2c1CC1=C2CCCC1. The summed E-state index contributed by atoms with van der Waals surface area (Å²) in [7, 11) is 1.00. The molecule has 114 heavy (non-hydrogen) atoms. The molecule has 3 saturated heterocycles. The number of ether oxygens (including phenoxy) is 2. The van der Waals surface area contributed by atoms with E-state index >= 15 is 0 Å². The minimum atomic E-state index is -0.522. The van der Waals surface area contributed by atoms with Crippen LogP contribution in [0.4, 0.5) is 9.59 Å². The Morgan fingerprint density at radius 1 is 0.482 bits per heavy atom. The number of nitrogens with one attached hydrogen (secondary N) is 1. The minimum Gasteiger partial charge on any atom is -0.444 e. The summed E-state index contributed by atoms with van der Waals surface area (Å²) >= 11 is 4.71. The zero-order chi connectivity index (χ0) is 81.2. The zero-order valence-electron chi connectivity index (χ0n) is 67.3. The normalized spacial score (nSPS) is 20.3. The van der Waals surface area contributed by atoms with Crippen LogP contribution >= 0.6 is 11.6 Å². The van der Waals surface area contributed by atoms with E-state index in [1.54, 1.807) is 11.1 Å². The second-order valence-corrected chi connectivity index (χ2v) is 33.9. The van der Waals surface area contributed by atoms with Crippen LogP contribution in [-0.4, -0.2) is 157 Å². The van der Waals surface area contributed by atoms with E-state index in [9.17, 15) is 38.4 Å². The summed E-state index contributed by atoms with van der Waals surface area (Å²) in [6.45, 7) is 24.1. The number of likely N-dealkylation sites (tertiary alicyclic amines) is 2. The Labute approximate surface area is 677 Å². The van der Waals surface area contributed by atoms with Gasteiger partial charge in [0.1, 0.15) is 34.0 Å². The van der Waals surface area contributed by atoms with Crippen LogP contribution in [0.15, 0.2) is 78.5 Å². The van der Waals surface area contributed by atoms with E-state index in [4.69, 9.17) is 49.1 Å². The molecule has 0 radical (unpaired) electrons. The maximum Gasteiger partial charge on any atom is 0.410 e. The van der Waals surface area contributed by atoms with Gasteiger partial charge in [0.05, 0.1) is 0 Å². The molecule has 0 bridgehead atoms. The number of allylic oxidation sites excluding steroid dienone is 9. The summed E-state index contributed by atoms with van der Waals surface area (Å²) in [6.07, 6.45) is 40.3. The first-order valence-corrected chi connectivity index (χ1v) is 41.1. The lowest BCUT2D eigenvalue weighted by Crippen LogP contribution is -2.42. The largest absolute Gasteiger partial charge is 0.444 e. The van der Waals surface area contributed by atoms with Crippen molar-refractivity contribution in [3.05, 3.63) is 168 Å². The molecule has 3 atom stereocenters. The molecule has 16 rings (SSSR count). The second-order valence-electron chi connectivity index (χ2n) is 33.5. The third-order valence-corrected chi connectivity index (χ3v) is 23.9. The maximum atomic E-state index is 12.6. The van der Waals surface area contributed by atoms with Crippen molar-refractivity contribution in [1.29, 1.82) is 0 Å². The van der Waals surface area contributed by atoms with E-state index in [1.807, 2.05) is 69.9 Å². The van der Waals surface area contributed by atoms with E-state index in [1.165, 1.54) is 148 Å². The number of rotatable bonds is 10. The Hall–Kier alpha value is -9.45. The smallest absolute Gasteiger partial charge is 0.410 e. The molecule has 4 aromatic rings. The molecule has 8 heterocycles. The fourth-order valence-electron chi connectivity index (χ4n) is 18.9. The number of halogens is 1. The fraction of sp³-hybridized carbons (Fsp3) is 0.533. The number of aromatic nitrogens is 4. The van der Waals surface area contributed by atoms with Crippen LogP contribution in [0.3, 0.4) is 0 Å². The van der Waals surface area contributed by atoms with Gasteiger partial charge in [-0.1, -0.05) is 49.0 Å². The number of aliphatic hydroxyl groups is 1. The number of nitrogens with zero attached hydrogens (tertiary/aromatic N) is 7. The highest BCUT2D eigenvalue weighted by atomic mass is 35.5. The van der Waals surface area contributed by atoms with Crippen molar-refractivity contribution in [1.82, 2.24) is 40.0 Å². The van der Waals surface area contributed by atoms with Gasteiger partial charge >= 0.3 is 12.2 Å². The molecule has 8 aliphatic carbocycles. The van der Waals surface area contributed by atoms with E-state index in [2.05, 4.69) is 44.5 Å². The third-order valence-electron chi connectivity index (χ3n) is 23.7. The standard InChI is InChI=1S/C23H31N3O3.C23H29N3O3.C21H25N3O2.C18H23N3O.C3H3ClO.CH4O.CH4/c2*1-23(2,3)29-22(28)26-10-6-8-15(13-26)18-12-25-20(21(24)27)17-11-14-7-4-5-9-16(14)19(17)18;1-2-18(25)24-9-5-7-14(12-24)17-11-23-20(21(22)26)16-10-13-6-3-4-8-15(13)19(16)17;19-18(22)17-14-8-11-4-1-2-6-13(11)16(14)15(10-21-17)12-5-3-7-20-9-12;1-2-3(4)5;1-2;/h12,15H,4-11,13H2,1-3H3,(H2,24,27);8,12H,4-7,9-11,13H2,1-3H3,(H2,24,27);2,11,14H,1,3-10,12H2,(H2,22,26);10,12,20H,1-9H2,(H2,19,22);2H,1H2;2H,1H3;1H4. The Kier molecular flexibility index (Phi) is 29.2. The highest BCUT2D eigenvalue weighted by Gasteiger charge is 2.40. The van der Waals surface area contributed by atoms with Gasteiger partial charge < -0.3 is 57.5 Å². The van der Waals surface area contributed by atoms with Gasteiger partial charge in [0, 0.05) is 95.1 Å². The number of carbonyl (C=O) groups excluding carboxylic acids is 8. The Bertz CT molecular complexity index is 4580. The molecular formula is C90H119ClN12O11. The van der Waals surface area contributed by atoms with Crippen LogP contribution in [0, 0.1) is 0 Å². The first kappa shape index (κ1) is 86.9. The summed E-state index contributed by atoms with van der Waals surface area (Å²) in [5.74, 6) is -0.786. The minimum absolute atomic E-state index is 0. The molecule has 12 aliphatic rings. The van der Waals surface area contributed by atoms with Crippen LogP contribution in [0.5, 0.6) is 0 Å². The number of piperidine rings is 3. The summed E-state index contributed by atoms with van der Waals surface area (Å²) in [5, 5.41) is 9.99. The number of aliphatic hydroxyl groups excluding tert-OH is 1. The number of primary amides is 4. The summed E-state index contributed by atoms with van der Waals surface area (Å²) < 4.78 is 11.2. The lowest BCUT2D eigenvalue weighted by atomic mass is 9.83. The average Bonchev–Trinajstić information content (AvgIpc) is 1.62.